The van der Waals surface area contributed by atoms with Crippen molar-refractivity contribution in [3.8, 4) is 5.75 Å². The van der Waals surface area contributed by atoms with E-state index in [9.17, 15) is 35.1 Å². The van der Waals surface area contributed by atoms with Gasteiger partial charge in [-0.3, -0.25) is 4.79 Å². The molecular formula is C29H34O11. The third-order valence-electron chi connectivity index (χ3n) is 8.25. The lowest BCUT2D eigenvalue weighted by Gasteiger charge is -2.41. The molecule has 5 N–H and O–H groups in total. The van der Waals surface area contributed by atoms with E-state index in [1.165, 1.54) is 12.1 Å². The van der Waals surface area contributed by atoms with E-state index in [1.54, 1.807) is 12.1 Å². The summed E-state index contributed by atoms with van der Waals surface area (Å²) in [5.41, 5.74) is 3.67. The summed E-state index contributed by atoms with van der Waals surface area (Å²) in [6.07, 6.45) is -5.76. The SMILES string of the molecule is C=C1C(=O)O[C@@H]2[C@H]3C(COC(=O)Cc4ccc(O)cc4)=CCC3=C(C)C[C@H](O[C@H]3O[C@@H](CO)[C@H](O)[C@@H](O)[C@@H]3O)[C@@H]12. The molecule has 2 aliphatic heterocycles. The van der Waals surface area contributed by atoms with Crippen LogP contribution >= 0.6 is 0 Å². The molecule has 2 fully saturated rings. The van der Waals surface area contributed by atoms with Crippen molar-refractivity contribution in [1.29, 1.82) is 0 Å². The number of aliphatic hydroxyl groups is 4. The normalized spacial score (nSPS) is 35.5. The molecular weight excluding hydrogens is 524 g/mol. The van der Waals surface area contributed by atoms with E-state index in [4.69, 9.17) is 18.9 Å². The average Bonchev–Trinajstić information content (AvgIpc) is 3.45. The Bertz CT molecular complexity index is 1220. The molecule has 0 radical (unpaired) electrons. The van der Waals surface area contributed by atoms with Crippen molar-refractivity contribution in [3.63, 3.8) is 0 Å². The van der Waals surface area contributed by atoms with Crippen molar-refractivity contribution in [3.05, 3.63) is 64.8 Å². The molecule has 1 aromatic carbocycles. The Morgan fingerprint density at radius 3 is 2.55 bits per heavy atom. The van der Waals surface area contributed by atoms with Crippen LogP contribution in [0.1, 0.15) is 25.3 Å². The summed E-state index contributed by atoms with van der Waals surface area (Å²) in [6.45, 7) is 5.29. The molecule has 2 saturated heterocycles. The number of carbonyl (C=O) groups is 2. The second-order valence-corrected chi connectivity index (χ2v) is 10.8. The Hall–Kier alpha value is -3.06. The maximum absolute atomic E-state index is 12.7. The molecule has 40 heavy (non-hydrogen) atoms. The molecule has 0 bridgehead atoms. The number of phenols is 1. The van der Waals surface area contributed by atoms with Gasteiger partial charge >= 0.3 is 11.9 Å². The first kappa shape index (κ1) is 28.5. The van der Waals surface area contributed by atoms with Gasteiger partial charge in [-0.1, -0.05) is 35.9 Å². The van der Waals surface area contributed by atoms with Crippen LogP contribution in [0.4, 0.5) is 0 Å². The number of benzene rings is 1. The van der Waals surface area contributed by atoms with Gasteiger partial charge in [-0.2, -0.15) is 0 Å². The molecule has 2 aliphatic carbocycles. The topological polar surface area (TPSA) is 172 Å². The maximum atomic E-state index is 12.7. The summed E-state index contributed by atoms with van der Waals surface area (Å²) < 4.78 is 23.1. The van der Waals surface area contributed by atoms with Gasteiger partial charge in [0, 0.05) is 11.5 Å². The molecule has 9 atom stereocenters. The van der Waals surface area contributed by atoms with Crippen LogP contribution in [0.25, 0.3) is 0 Å². The van der Waals surface area contributed by atoms with Crippen molar-refractivity contribution >= 4 is 11.9 Å². The van der Waals surface area contributed by atoms with E-state index in [0.29, 0.717) is 18.4 Å². The summed E-state index contributed by atoms with van der Waals surface area (Å²) in [5, 5.41) is 49.9. The highest BCUT2D eigenvalue weighted by molar-refractivity contribution is 5.91. The molecule has 11 heteroatoms. The number of aliphatic hydroxyl groups excluding tert-OH is 4. The summed E-state index contributed by atoms with van der Waals surface area (Å²) >= 11 is 0. The first-order valence-electron chi connectivity index (χ1n) is 13.3. The fraction of sp³-hybridized carbons (Fsp3) is 0.517. The van der Waals surface area contributed by atoms with Gasteiger partial charge < -0.3 is 44.5 Å². The zero-order valence-electron chi connectivity index (χ0n) is 22.0. The molecule has 5 rings (SSSR count). The summed E-state index contributed by atoms with van der Waals surface area (Å²) in [7, 11) is 0. The highest BCUT2D eigenvalue weighted by Gasteiger charge is 2.54. The first-order chi connectivity index (χ1) is 19.1. The van der Waals surface area contributed by atoms with E-state index < -0.39 is 67.4 Å². The van der Waals surface area contributed by atoms with Gasteiger partial charge in [0.05, 0.1) is 25.0 Å². The quantitative estimate of drug-likeness (QED) is 0.178. The number of esters is 2. The summed E-state index contributed by atoms with van der Waals surface area (Å²) in [5.74, 6) is -1.91. The fourth-order valence-electron chi connectivity index (χ4n) is 6.07. The number of ether oxygens (including phenoxy) is 4. The molecule has 0 unspecified atom stereocenters. The van der Waals surface area contributed by atoms with Gasteiger partial charge in [-0.25, -0.2) is 4.79 Å². The molecule has 4 aliphatic rings. The highest BCUT2D eigenvalue weighted by atomic mass is 16.7. The lowest BCUT2D eigenvalue weighted by Crippen LogP contribution is -2.60. The maximum Gasteiger partial charge on any atom is 0.334 e. The first-order valence-corrected chi connectivity index (χ1v) is 13.3. The number of hydrogen-bond donors (Lipinski definition) is 5. The van der Waals surface area contributed by atoms with Crippen molar-refractivity contribution in [1.82, 2.24) is 0 Å². The Labute approximate surface area is 230 Å². The second-order valence-electron chi connectivity index (χ2n) is 10.8. The lowest BCUT2D eigenvalue weighted by atomic mass is 9.82. The van der Waals surface area contributed by atoms with Gasteiger partial charge in [-0.15, -0.1) is 0 Å². The van der Waals surface area contributed by atoms with Crippen molar-refractivity contribution in [2.24, 2.45) is 11.8 Å². The van der Waals surface area contributed by atoms with E-state index >= 15 is 0 Å². The zero-order chi connectivity index (χ0) is 28.7. The molecule has 2 heterocycles. The lowest BCUT2D eigenvalue weighted by molar-refractivity contribution is -0.314. The zero-order valence-corrected chi connectivity index (χ0v) is 22.0. The smallest absolute Gasteiger partial charge is 0.334 e. The average molecular weight is 559 g/mol. The minimum absolute atomic E-state index is 0.00381. The van der Waals surface area contributed by atoms with Crippen LogP contribution in [0.15, 0.2) is 59.2 Å². The van der Waals surface area contributed by atoms with Gasteiger partial charge in [0.15, 0.2) is 6.29 Å². The van der Waals surface area contributed by atoms with Crippen LogP contribution in [0.2, 0.25) is 0 Å². The predicted octanol–water partition coefficient (Wildman–Crippen LogP) is 0.427. The van der Waals surface area contributed by atoms with E-state index in [-0.39, 0.29) is 30.3 Å². The van der Waals surface area contributed by atoms with E-state index in [2.05, 4.69) is 6.58 Å². The van der Waals surface area contributed by atoms with Crippen LogP contribution in [-0.2, 0) is 35.0 Å². The number of rotatable bonds is 7. The van der Waals surface area contributed by atoms with Crippen LogP contribution in [0, 0.1) is 11.8 Å². The number of carbonyl (C=O) groups excluding carboxylic acids is 2. The molecule has 1 aromatic rings. The van der Waals surface area contributed by atoms with Crippen LogP contribution < -0.4 is 0 Å². The monoisotopic (exact) mass is 558 g/mol. The third-order valence-corrected chi connectivity index (χ3v) is 8.25. The predicted molar refractivity (Wildman–Crippen MR) is 137 cm³/mol. The Kier molecular flexibility index (Phi) is 8.14. The molecule has 0 amide bonds. The minimum atomic E-state index is -1.60. The summed E-state index contributed by atoms with van der Waals surface area (Å²) in [6, 6.07) is 6.28. The third kappa shape index (κ3) is 5.32. The largest absolute Gasteiger partial charge is 0.508 e. The Morgan fingerprint density at radius 2 is 1.85 bits per heavy atom. The Balaban J connectivity index is 1.33. The Morgan fingerprint density at radius 1 is 1.12 bits per heavy atom. The van der Waals surface area contributed by atoms with Gasteiger partial charge in [-0.05, 0) is 43.0 Å². The minimum Gasteiger partial charge on any atom is -0.508 e. The number of hydrogen-bond acceptors (Lipinski definition) is 11. The highest BCUT2D eigenvalue weighted by Crippen LogP contribution is 2.49. The summed E-state index contributed by atoms with van der Waals surface area (Å²) in [4.78, 5) is 25.3. The van der Waals surface area contributed by atoms with Crippen LogP contribution in [0.3, 0.4) is 0 Å². The van der Waals surface area contributed by atoms with Crippen molar-refractivity contribution < 1.29 is 54.1 Å². The van der Waals surface area contributed by atoms with Gasteiger partial charge in [0.2, 0.25) is 0 Å². The van der Waals surface area contributed by atoms with Crippen LogP contribution in [0.5, 0.6) is 5.75 Å². The molecule has 0 spiro atoms. The number of aromatic hydroxyl groups is 1. The molecule has 0 aromatic heterocycles. The van der Waals surface area contributed by atoms with Gasteiger partial charge in [0.25, 0.3) is 0 Å². The van der Waals surface area contributed by atoms with Crippen molar-refractivity contribution in [2.75, 3.05) is 13.2 Å². The molecule has 216 valence electrons. The van der Waals surface area contributed by atoms with Crippen molar-refractivity contribution in [2.45, 2.75) is 69.1 Å². The number of fused-ring (bicyclic) bond motifs is 3. The van der Waals surface area contributed by atoms with Gasteiger partial charge in [0.1, 0.15) is 42.9 Å². The molecule has 0 saturated carbocycles. The second kappa shape index (κ2) is 11.4. The van der Waals surface area contributed by atoms with Crippen LogP contribution in [-0.4, -0.2) is 93.6 Å². The fourth-order valence-corrected chi connectivity index (χ4v) is 6.07. The number of phenolic OH excluding ortho intramolecular Hbond substituents is 1. The van der Waals surface area contributed by atoms with E-state index in [0.717, 1.165) is 16.7 Å². The number of allylic oxidation sites excluding steroid dienone is 1. The standard InChI is InChI=1S/C29H34O11/c1-13-9-19(38-29-26(35)25(34)24(33)20(11-30)39-29)22-14(2)28(36)40-27(22)23-16(5-8-18(13)23)12-37-21(32)10-15-3-6-17(31)7-4-15/h3-7,19-20,22-27,29-31,33-35H,2,8-12H2,1H3/t19-,20-,22+,23-,24-,25+,26-,27-,29-/m0/s1. The molecule has 11 nitrogen and oxygen atoms in total. The van der Waals surface area contributed by atoms with E-state index in [1.807, 2.05) is 13.0 Å².